The van der Waals surface area contributed by atoms with Crippen molar-refractivity contribution in [1.82, 2.24) is 9.13 Å². The molecule has 0 aromatic rings. The van der Waals surface area contributed by atoms with Crippen molar-refractivity contribution < 1.29 is 0 Å². The maximum absolute atomic E-state index is 2.61. The molecule has 0 radical (unpaired) electrons. The van der Waals surface area contributed by atoms with Gasteiger partial charge in [-0.2, -0.15) is 0 Å². The summed E-state index contributed by atoms with van der Waals surface area (Å²) >= 11 is 0. The Morgan fingerprint density at radius 3 is 1.76 bits per heavy atom. The number of rotatable bonds is 5. The Morgan fingerprint density at radius 1 is 0.941 bits per heavy atom. The van der Waals surface area contributed by atoms with Gasteiger partial charge in [0.25, 0.3) is 0 Å². The third-order valence-electron chi connectivity index (χ3n) is 4.52. The molecule has 0 aromatic carbocycles. The third-order valence-corrected chi connectivity index (χ3v) is 10.9. The first-order valence-electron chi connectivity index (χ1n) is 7.26. The van der Waals surface area contributed by atoms with Gasteiger partial charge in [0.05, 0.1) is 0 Å². The van der Waals surface area contributed by atoms with Gasteiger partial charge in [-0.15, -0.1) is 0 Å². The first-order valence-corrected chi connectivity index (χ1v) is 9.44. The molecule has 0 unspecified atom stereocenters. The van der Waals surface area contributed by atoms with Crippen molar-refractivity contribution in [2.24, 2.45) is 5.92 Å². The Balaban J connectivity index is 2.95. The normalized spacial score (nSPS) is 19.6. The van der Waals surface area contributed by atoms with Crippen LogP contribution < -0.4 is 0 Å². The van der Waals surface area contributed by atoms with Gasteiger partial charge in [-0.3, -0.25) is 0 Å². The minimum Gasteiger partial charge on any atom is -0.317 e. The molecule has 0 amide bonds. The van der Waals surface area contributed by atoms with E-state index in [-0.39, 0.29) is 0 Å². The molecule has 1 saturated carbocycles. The van der Waals surface area contributed by atoms with Crippen molar-refractivity contribution in [1.29, 1.82) is 0 Å². The summed E-state index contributed by atoms with van der Waals surface area (Å²) in [5.74, 6) is 0.813. The molecular formula is C14H32N2Si. The smallest absolute Gasteiger partial charge is 0.209 e. The lowest BCUT2D eigenvalue weighted by molar-refractivity contribution is 0.386. The monoisotopic (exact) mass is 256 g/mol. The van der Waals surface area contributed by atoms with Crippen LogP contribution in [0.1, 0.15) is 46.0 Å². The molecule has 0 spiro atoms. The zero-order valence-electron chi connectivity index (χ0n) is 12.8. The van der Waals surface area contributed by atoms with Gasteiger partial charge >= 0.3 is 0 Å². The van der Waals surface area contributed by atoms with E-state index in [1.807, 2.05) is 0 Å². The lowest BCUT2D eigenvalue weighted by Crippen LogP contribution is -2.64. The van der Waals surface area contributed by atoms with E-state index in [1.54, 1.807) is 0 Å². The Hall–Kier alpha value is 0.137. The van der Waals surface area contributed by atoms with Gasteiger partial charge in [-0.05, 0) is 45.7 Å². The Bertz CT molecular complexity index is 212. The molecule has 1 aliphatic rings. The highest BCUT2D eigenvalue weighted by molar-refractivity contribution is 6.75. The van der Waals surface area contributed by atoms with Crippen LogP contribution in [0.25, 0.3) is 0 Å². The van der Waals surface area contributed by atoms with E-state index < -0.39 is 8.40 Å². The summed E-state index contributed by atoms with van der Waals surface area (Å²) in [7, 11) is 7.84. The molecule has 0 N–H and O–H groups in total. The van der Waals surface area contributed by atoms with E-state index in [1.165, 1.54) is 38.1 Å². The summed E-state index contributed by atoms with van der Waals surface area (Å²) in [5, 5.41) is 0. The predicted octanol–water partition coefficient (Wildman–Crippen LogP) is 3.54. The van der Waals surface area contributed by atoms with Gasteiger partial charge in [-0.25, -0.2) is 0 Å². The van der Waals surface area contributed by atoms with Crippen molar-refractivity contribution in [2.45, 2.75) is 57.5 Å². The van der Waals surface area contributed by atoms with Gasteiger partial charge in [0, 0.05) is 0 Å². The summed E-state index contributed by atoms with van der Waals surface area (Å²) in [6, 6.07) is 1.41. The predicted molar refractivity (Wildman–Crippen MR) is 79.6 cm³/mol. The van der Waals surface area contributed by atoms with Crippen LogP contribution in [0.4, 0.5) is 0 Å². The summed E-state index contributed by atoms with van der Waals surface area (Å²) in [6.07, 6.45) is 7.31. The van der Waals surface area contributed by atoms with Gasteiger partial charge in [0.2, 0.25) is 8.40 Å². The summed E-state index contributed by atoms with van der Waals surface area (Å²) < 4.78 is 5.23. The average molecular weight is 257 g/mol. The van der Waals surface area contributed by atoms with Crippen LogP contribution in [0.15, 0.2) is 0 Å². The fraction of sp³-hybridized carbons (Fsp3) is 1.00. The molecule has 1 rings (SSSR count). The van der Waals surface area contributed by atoms with Crippen molar-refractivity contribution in [2.75, 3.05) is 28.2 Å². The maximum Gasteiger partial charge on any atom is 0.209 e. The van der Waals surface area contributed by atoms with Crippen LogP contribution in [0.5, 0.6) is 0 Å². The quantitative estimate of drug-likeness (QED) is 0.694. The minimum absolute atomic E-state index is 0.813. The maximum atomic E-state index is 2.61. The van der Waals surface area contributed by atoms with Crippen molar-refractivity contribution in [3.63, 3.8) is 0 Å². The Kier molecular flexibility index (Phi) is 5.67. The standard InChI is InChI=1S/C14H32N2Si/c1-13(2)12-17(15(3)4,16(5)6)14-10-8-7-9-11-14/h13-14H,7-12H2,1-6H3. The molecule has 1 aliphatic carbocycles. The van der Waals surface area contributed by atoms with Crippen LogP contribution in [0.3, 0.4) is 0 Å². The van der Waals surface area contributed by atoms with Gasteiger partial charge < -0.3 is 9.13 Å². The molecule has 0 aliphatic heterocycles. The molecule has 2 nitrogen and oxygen atoms in total. The molecule has 0 aromatic heterocycles. The lowest BCUT2D eigenvalue weighted by Gasteiger charge is -2.50. The molecule has 0 bridgehead atoms. The Labute approximate surface area is 110 Å². The van der Waals surface area contributed by atoms with Crippen LogP contribution in [0, 0.1) is 5.92 Å². The highest BCUT2D eigenvalue weighted by Crippen LogP contribution is 2.42. The molecule has 0 saturated heterocycles. The molecule has 17 heavy (non-hydrogen) atoms. The number of nitrogens with zero attached hydrogens (tertiary/aromatic N) is 2. The van der Waals surface area contributed by atoms with Crippen LogP contribution in [-0.2, 0) is 0 Å². The van der Waals surface area contributed by atoms with Crippen molar-refractivity contribution in [3.05, 3.63) is 0 Å². The molecule has 0 atom stereocenters. The molecule has 1 fully saturated rings. The van der Waals surface area contributed by atoms with Gasteiger partial charge in [0.15, 0.2) is 0 Å². The largest absolute Gasteiger partial charge is 0.317 e. The molecule has 3 heteroatoms. The van der Waals surface area contributed by atoms with E-state index in [9.17, 15) is 0 Å². The van der Waals surface area contributed by atoms with Gasteiger partial charge in [-0.1, -0.05) is 46.0 Å². The average Bonchev–Trinajstić information content (AvgIpc) is 2.25. The number of hydrogen-bond acceptors (Lipinski definition) is 2. The van der Waals surface area contributed by atoms with Crippen LogP contribution >= 0.6 is 0 Å². The van der Waals surface area contributed by atoms with E-state index in [0.717, 1.165) is 11.5 Å². The topological polar surface area (TPSA) is 6.48 Å². The minimum atomic E-state index is -1.45. The zero-order valence-corrected chi connectivity index (χ0v) is 13.8. The van der Waals surface area contributed by atoms with Crippen molar-refractivity contribution >= 4 is 8.40 Å². The molecule has 102 valence electrons. The first kappa shape index (κ1) is 15.2. The Morgan fingerprint density at radius 2 is 1.41 bits per heavy atom. The second-order valence-electron chi connectivity index (χ2n) is 6.60. The second kappa shape index (κ2) is 6.35. The summed E-state index contributed by atoms with van der Waals surface area (Å²) in [5.41, 5.74) is 0.976. The summed E-state index contributed by atoms with van der Waals surface area (Å²) in [6.45, 7) is 4.77. The first-order chi connectivity index (χ1) is 7.91. The van der Waals surface area contributed by atoms with E-state index in [2.05, 4.69) is 51.2 Å². The summed E-state index contributed by atoms with van der Waals surface area (Å²) in [4.78, 5) is 0. The van der Waals surface area contributed by atoms with E-state index in [4.69, 9.17) is 0 Å². The third kappa shape index (κ3) is 3.33. The van der Waals surface area contributed by atoms with Crippen LogP contribution in [-0.4, -0.2) is 45.7 Å². The van der Waals surface area contributed by atoms with Gasteiger partial charge in [0.1, 0.15) is 0 Å². The molecule has 0 heterocycles. The fourth-order valence-corrected chi connectivity index (χ4v) is 9.69. The fourth-order valence-electron chi connectivity index (χ4n) is 3.83. The van der Waals surface area contributed by atoms with E-state index in [0.29, 0.717) is 0 Å². The van der Waals surface area contributed by atoms with E-state index >= 15 is 0 Å². The molecular weight excluding hydrogens is 224 g/mol. The highest BCUT2D eigenvalue weighted by atomic mass is 28.3. The SMILES string of the molecule is CC(C)C[Si](C1CCCCC1)(N(C)C)N(C)C. The zero-order chi connectivity index (χ0) is 13.1. The van der Waals surface area contributed by atoms with Crippen molar-refractivity contribution in [3.8, 4) is 0 Å². The second-order valence-corrected chi connectivity index (χ2v) is 11.4. The lowest BCUT2D eigenvalue weighted by atomic mass is 10.0. The number of hydrogen-bond donors (Lipinski definition) is 0. The van der Waals surface area contributed by atoms with Crippen LogP contribution in [0.2, 0.25) is 11.6 Å². The highest BCUT2D eigenvalue weighted by Gasteiger charge is 2.46.